The van der Waals surface area contributed by atoms with Crippen LogP contribution in [0.3, 0.4) is 0 Å². The van der Waals surface area contributed by atoms with Crippen molar-refractivity contribution in [2.24, 2.45) is 5.84 Å². The van der Waals surface area contributed by atoms with Gasteiger partial charge in [0.15, 0.2) is 0 Å². The number of nitrogens with zero attached hydrogens (tertiary/aromatic N) is 2. The van der Waals surface area contributed by atoms with Crippen molar-refractivity contribution in [1.29, 1.82) is 0 Å². The van der Waals surface area contributed by atoms with Gasteiger partial charge in [0.1, 0.15) is 0 Å². The minimum Gasteiger partial charge on any atom is -0.271 e. The third-order valence-corrected chi connectivity index (χ3v) is 3.53. The minimum absolute atomic E-state index is 0.159. The van der Waals surface area contributed by atoms with Crippen molar-refractivity contribution in [3.63, 3.8) is 0 Å². The summed E-state index contributed by atoms with van der Waals surface area (Å²) in [5.74, 6) is 5.65. The molecule has 0 amide bonds. The van der Waals surface area contributed by atoms with Crippen molar-refractivity contribution in [3.05, 3.63) is 52.8 Å². The first-order chi connectivity index (χ1) is 9.58. The fraction of sp³-hybridized carbons (Fsp3) is 0.400. The summed E-state index contributed by atoms with van der Waals surface area (Å²) in [6.45, 7) is 4.23. The molecular weight excluding hydrogens is 272 g/mol. The molecule has 0 aliphatic rings. The van der Waals surface area contributed by atoms with E-state index in [2.05, 4.69) is 24.4 Å². The van der Waals surface area contributed by atoms with Crippen molar-refractivity contribution in [2.75, 3.05) is 0 Å². The molecular formula is C15H21ClN4. The summed E-state index contributed by atoms with van der Waals surface area (Å²) in [7, 11) is 0. The molecule has 0 fully saturated rings. The van der Waals surface area contributed by atoms with E-state index in [0.717, 1.165) is 23.6 Å². The van der Waals surface area contributed by atoms with Crippen LogP contribution in [0.5, 0.6) is 0 Å². The zero-order valence-electron chi connectivity index (χ0n) is 11.9. The van der Waals surface area contributed by atoms with Gasteiger partial charge in [-0.05, 0) is 44.0 Å². The summed E-state index contributed by atoms with van der Waals surface area (Å²) in [4.78, 5) is 0. The number of hydrogen-bond donors (Lipinski definition) is 2. The maximum Gasteiger partial charge on any atom is 0.0640 e. The number of rotatable bonds is 6. The van der Waals surface area contributed by atoms with Crippen LogP contribution >= 0.6 is 11.6 Å². The van der Waals surface area contributed by atoms with E-state index in [1.54, 1.807) is 0 Å². The normalized spacial score (nSPS) is 12.8. The highest BCUT2D eigenvalue weighted by atomic mass is 35.5. The Kier molecular flexibility index (Phi) is 5.17. The molecule has 0 aliphatic carbocycles. The average Bonchev–Trinajstić information content (AvgIpc) is 2.89. The summed E-state index contributed by atoms with van der Waals surface area (Å²) < 4.78 is 1.96. The molecule has 0 radical (unpaired) electrons. The molecule has 1 unspecified atom stereocenters. The van der Waals surface area contributed by atoms with Gasteiger partial charge in [0.2, 0.25) is 0 Å². The first-order valence-corrected chi connectivity index (χ1v) is 7.21. The van der Waals surface area contributed by atoms with Gasteiger partial charge in [-0.2, -0.15) is 5.10 Å². The summed E-state index contributed by atoms with van der Waals surface area (Å²) in [6, 6.07) is 10.4. The van der Waals surface area contributed by atoms with Crippen LogP contribution in [0.4, 0.5) is 0 Å². The van der Waals surface area contributed by atoms with E-state index in [1.165, 1.54) is 5.56 Å². The molecule has 1 heterocycles. The van der Waals surface area contributed by atoms with Gasteiger partial charge < -0.3 is 0 Å². The zero-order chi connectivity index (χ0) is 14.5. The zero-order valence-corrected chi connectivity index (χ0v) is 12.6. The summed E-state index contributed by atoms with van der Waals surface area (Å²) in [5.41, 5.74) is 5.13. The molecule has 0 saturated heterocycles. The SMILES string of the molecule is CC(C)n1ccc(CC(Cc2ccc(Cl)cc2)NN)n1. The Balaban J connectivity index is 1.99. The van der Waals surface area contributed by atoms with E-state index in [9.17, 15) is 0 Å². The Morgan fingerprint density at radius 3 is 2.45 bits per heavy atom. The highest BCUT2D eigenvalue weighted by molar-refractivity contribution is 6.30. The topological polar surface area (TPSA) is 55.9 Å². The Labute approximate surface area is 124 Å². The number of benzene rings is 1. The van der Waals surface area contributed by atoms with E-state index in [4.69, 9.17) is 17.4 Å². The van der Waals surface area contributed by atoms with E-state index in [-0.39, 0.29) is 6.04 Å². The number of nitrogens with one attached hydrogen (secondary N) is 1. The number of hydrogen-bond acceptors (Lipinski definition) is 3. The summed E-state index contributed by atoms with van der Waals surface area (Å²) in [6.07, 6.45) is 3.66. The fourth-order valence-electron chi connectivity index (χ4n) is 2.12. The predicted octanol–water partition coefficient (Wildman–Crippen LogP) is 2.73. The van der Waals surface area contributed by atoms with Gasteiger partial charge in [0, 0.05) is 29.7 Å². The van der Waals surface area contributed by atoms with Crippen LogP contribution < -0.4 is 11.3 Å². The second-order valence-corrected chi connectivity index (χ2v) is 5.72. The molecule has 0 spiro atoms. The van der Waals surface area contributed by atoms with Crippen molar-refractivity contribution in [1.82, 2.24) is 15.2 Å². The molecule has 2 aromatic rings. The molecule has 4 nitrogen and oxygen atoms in total. The second-order valence-electron chi connectivity index (χ2n) is 5.28. The molecule has 1 atom stereocenters. The van der Waals surface area contributed by atoms with E-state index in [1.807, 2.05) is 41.2 Å². The maximum atomic E-state index is 5.89. The lowest BCUT2D eigenvalue weighted by Gasteiger charge is -2.15. The number of halogens is 1. The summed E-state index contributed by atoms with van der Waals surface area (Å²) >= 11 is 5.89. The monoisotopic (exact) mass is 292 g/mol. The minimum atomic E-state index is 0.159. The Bertz CT molecular complexity index is 533. The van der Waals surface area contributed by atoms with E-state index >= 15 is 0 Å². The van der Waals surface area contributed by atoms with Crippen LogP contribution in [0, 0.1) is 0 Å². The molecule has 1 aromatic carbocycles. The highest BCUT2D eigenvalue weighted by Crippen LogP contribution is 2.13. The lowest BCUT2D eigenvalue weighted by atomic mass is 10.0. The van der Waals surface area contributed by atoms with Crippen molar-refractivity contribution in [3.8, 4) is 0 Å². The number of hydrazine groups is 1. The lowest BCUT2D eigenvalue weighted by Crippen LogP contribution is -2.38. The highest BCUT2D eigenvalue weighted by Gasteiger charge is 2.11. The first-order valence-electron chi connectivity index (χ1n) is 6.83. The number of aromatic nitrogens is 2. The molecule has 3 N–H and O–H groups in total. The molecule has 1 aromatic heterocycles. The lowest BCUT2D eigenvalue weighted by molar-refractivity contribution is 0.495. The molecule has 20 heavy (non-hydrogen) atoms. The first kappa shape index (κ1) is 15.0. The Hall–Kier alpha value is -1.36. The van der Waals surface area contributed by atoms with Crippen LogP contribution in [0.25, 0.3) is 0 Å². The van der Waals surface area contributed by atoms with Gasteiger partial charge in [-0.25, -0.2) is 0 Å². The third kappa shape index (κ3) is 4.07. The van der Waals surface area contributed by atoms with Gasteiger partial charge in [0.25, 0.3) is 0 Å². The van der Waals surface area contributed by atoms with Gasteiger partial charge in [-0.1, -0.05) is 23.7 Å². The molecule has 0 aliphatic heterocycles. The quantitative estimate of drug-likeness (QED) is 0.636. The molecule has 5 heteroatoms. The van der Waals surface area contributed by atoms with Gasteiger partial charge in [-0.3, -0.25) is 16.0 Å². The molecule has 2 rings (SSSR count). The van der Waals surface area contributed by atoms with Crippen LogP contribution in [0.15, 0.2) is 36.5 Å². The number of nitrogens with two attached hydrogens (primary N) is 1. The van der Waals surface area contributed by atoms with E-state index < -0.39 is 0 Å². The van der Waals surface area contributed by atoms with Gasteiger partial charge >= 0.3 is 0 Å². The Morgan fingerprint density at radius 2 is 1.90 bits per heavy atom. The molecule has 108 valence electrons. The van der Waals surface area contributed by atoms with Crippen LogP contribution in [0.1, 0.15) is 31.1 Å². The standard InChI is InChI=1S/C15H21ClN4/c1-11(2)20-8-7-14(19-20)10-15(18-17)9-12-3-5-13(16)6-4-12/h3-8,11,15,18H,9-10,17H2,1-2H3. The van der Waals surface area contributed by atoms with Crippen LogP contribution in [-0.2, 0) is 12.8 Å². The summed E-state index contributed by atoms with van der Waals surface area (Å²) in [5, 5.41) is 5.30. The van der Waals surface area contributed by atoms with E-state index in [0.29, 0.717) is 6.04 Å². The molecule has 0 saturated carbocycles. The van der Waals surface area contributed by atoms with Crippen molar-refractivity contribution in [2.45, 2.75) is 38.8 Å². The molecule has 0 bridgehead atoms. The predicted molar refractivity (Wildman–Crippen MR) is 82.6 cm³/mol. The van der Waals surface area contributed by atoms with Crippen molar-refractivity contribution < 1.29 is 0 Å². The largest absolute Gasteiger partial charge is 0.271 e. The van der Waals surface area contributed by atoms with Gasteiger partial charge in [0.05, 0.1) is 5.69 Å². The van der Waals surface area contributed by atoms with Crippen molar-refractivity contribution >= 4 is 11.6 Å². The maximum absolute atomic E-state index is 5.89. The van der Waals surface area contributed by atoms with Gasteiger partial charge in [-0.15, -0.1) is 0 Å². The smallest absolute Gasteiger partial charge is 0.0640 e. The van der Waals surface area contributed by atoms with Crippen LogP contribution in [-0.4, -0.2) is 15.8 Å². The fourth-order valence-corrected chi connectivity index (χ4v) is 2.25. The average molecular weight is 293 g/mol. The third-order valence-electron chi connectivity index (χ3n) is 3.28. The Morgan fingerprint density at radius 1 is 1.20 bits per heavy atom. The second kappa shape index (κ2) is 6.88. The van der Waals surface area contributed by atoms with Crippen LogP contribution in [0.2, 0.25) is 5.02 Å².